The quantitative estimate of drug-likeness (QED) is 0.895. The Morgan fingerprint density at radius 2 is 1.72 bits per heavy atom. The Bertz CT molecular complexity index is 458. The molecule has 0 aliphatic heterocycles. The molecular formula is C10H7BrF3NO3. The van der Waals surface area contributed by atoms with E-state index in [9.17, 15) is 22.8 Å². The van der Waals surface area contributed by atoms with Gasteiger partial charge >= 0.3 is 18.1 Å². The lowest BCUT2D eigenvalue weighted by atomic mass is 10.1. The summed E-state index contributed by atoms with van der Waals surface area (Å²) in [6.45, 7) is 0. The molecule has 1 atom stereocenters. The van der Waals surface area contributed by atoms with Crippen LogP contribution in [0.25, 0.3) is 0 Å². The summed E-state index contributed by atoms with van der Waals surface area (Å²) in [7, 11) is 0. The first kappa shape index (κ1) is 14.5. The number of carboxylic acids is 1. The maximum Gasteiger partial charge on any atom is 0.471 e. The van der Waals surface area contributed by atoms with Crippen LogP contribution in [0.2, 0.25) is 0 Å². The molecule has 0 aromatic heterocycles. The van der Waals surface area contributed by atoms with E-state index in [-0.39, 0.29) is 5.56 Å². The maximum atomic E-state index is 12.0. The van der Waals surface area contributed by atoms with Crippen LogP contribution in [0.4, 0.5) is 13.2 Å². The maximum absolute atomic E-state index is 12.0. The van der Waals surface area contributed by atoms with Gasteiger partial charge in [0.25, 0.3) is 0 Å². The molecule has 1 amide bonds. The molecule has 4 nitrogen and oxygen atoms in total. The van der Waals surface area contributed by atoms with Gasteiger partial charge in [-0.2, -0.15) is 13.2 Å². The summed E-state index contributed by atoms with van der Waals surface area (Å²) in [6.07, 6.45) is -5.12. The lowest BCUT2D eigenvalue weighted by Gasteiger charge is -2.16. The Labute approximate surface area is 108 Å². The molecule has 2 N–H and O–H groups in total. The highest BCUT2D eigenvalue weighted by Gasteiger charge is 2.41. The van der Waals surface area contributed by atoms with Gasteiger partial charge in [0.05, 0.1) is 0 Å². The summed E-state index contributed by atoms with van der Waals surface area (Å²) in [5.74, 6) is -3.87. The van der Waals surface area contributed by atoms with Crippen LogP contribution < -0.4 is 5.32 Å². The van der Waals surface area contributed by atoms with Gasteiger partial charge in [-0.15, -0.1) is 0 Å². The lowest BCUT2D eigenvalue weighted by molar-refractivity contribution is -0.175. The van der Waals surface area contributed by atoms with Crippen LogP contribution in [0.1, 0.15) is 11.6 Å². The van der Waals surface area contributed by atoms with Crippen molar-refractivity contribution in [1.82, 2.24) is 5.32 Å². The SMILES string of the molecule is O=C(O)C(NC(=O)C(F)(F)F)c1ccc(Br)cc1. The number of alkyl halides is 3. The number of rotatable bonds is 3. The van der Waals surface area contributed by atoms with E-state index in [2.05, 4.69) is 15.9 Å². The van der Waals surface area contributed by atoms with Gasteiger partial charge < -0.3 is 10.4 Å². The number of nitrogens with one attached hydrogen (secondary N) is 1. The summed E-state index contributed by atoms with van der Waals surface area (Å²) in [5, 5.41) is 10.2. The molecule has 1 aromatic carbocycles. The summed E-state index contributed by atoms with van der Waals surface area (Å²) in [5.41, 5.74) is 0.0447. The van der Waals surface area contributed by atoms with Crippen molar-refractivity contribution in [3.05, 3.63) is 34.3 Å². The molecule has 0 saturated heterocycles. The fraction of sp³-hybridized carbons (Fsp3) is 0.200. The second kappa shape index (κ2) is 5.38. The van der Waals surface area contributed by atoms with Crippen LogP contribution in [0.5, 0.6) is 0 Å². The molecule has 0 aliphatic carbocycles. The van der Waals surface area contributed by atoms with Crippen LogP contribution in [-0.4, -0.2) is 23.2 Å². The van der Waals surface area contributed by atoms with Gasteiger partial charge in [0.2, 0.25) is 0 Å². The van der Waals surface area contributed by atoms with E-state index < -0.39 is 24.1 Å². The molecule has 1 unspecified atom stereocenters. The fourth-order valence-electron chi connectivity index (χ4n) is 1.16. The van der Waals surface area contributed by atoms with Crippen LogP contribution >= 0.6 is 15.9 Å². The predicted octanol–water partition coefficient (Wildman–Crippen LogP) is 2.25. The number of benzene rings is 1. The lowest BCUT2D eigenvalue weighted by Crippen LogP contribution is -2.41. The minimum absolute atomic E-state index is 0.0447. The normalized spacial score (nSPS) is 12.9. The first-order valence-corrected chi connectivity index (χ1v) is 5.37. The number of aliphatic carboxylic acids is 1. The largest absolute Gasteiger partial charge is 0.479 e. The van der Waals surface area contributed by atoms with E-state index in [1.165, 1.54) is 29.6 Å². The van der Waals surface area contributed by atoms with Crippen LogP contribution in [0.3, 0.4) is 0 Å². The van der Waals surface area contributed by atoms with Crippen molar-refractivity contribution in [2.24, 2.45) is 0 Å². The van der Waals surface area contributed by atoms with E-state index >= 15 is 0 Å². The summed E-state index contributed by atoms with van der Waals surface area (Å²) >= 11 is 3.10. The van der Waals surface area contributed by atoms with Gasteiger partial charge in [-0.1, -0.05) is 28.1 Å². The molecule has 1 rings (SSSR count). The minimum Gasteiger partial charge on any atom is -0.479 e. The molecule has 0 heterocycles. The van der Waals surface area contributed by atoms with E-state index in [0.29, 0.717) is 4.47 Å². The molecule has 1 aromatic rings. The number of halogens is 4. The molecule has 0 spiro atoms. The van der Waals surface area contributed by atoms with Crippen molar-refractivity contribution in [3.63, 3.8) is 0 Å². The van der Waals surface area contributed by atoms with Crippen molar-refractivity contribution in [2.45, 2.75) is 12.2 Å². The number of amides is 1. The Hall–Kier alpha value is -1.57. The third-order valence-electron chi connectivity index (χ3n) is 1.98. The van der Waals surface area contributed by atoms with Crippen molar-refractivity contribution >= 4 is 27.8 Å². The van der Waals surface area contributed by atoms with Gasteiger partial charge in [0.15, 0.2) is 6.04 Å². The highest BCUT2D eigenvalue weighted by Crippen LogP contribution is 2.20. The zero-order chi connectivity index (χ0) is 13.9. The Balaban J connectivity index is 2.94. The third kappa shape index (κ3) is 3.73. The number of hydrogen-bond acceptors (Lipinski definition) is 2. The highest BCUT2D eigenvalue weighted by molar-refractivity contribution is 9.10. The highest BCUT2D eigenvalue weighted by atomic mass is 79.9. The monoisotopic (exact) mass is 325 g/mol. The average molecular weight is 326 g/mol. The number of carbonyl (C=O) groups is 2. The van der Waals surface area contributed by atoms with Crippen molar-refractivity contribution < 1.29 is 27.9 Å². The summed E-state index contributed by atoms with van der Waals surface area (Å²) in [4.78, 5) is 21.6. The van der Waals surface area contributed by atoms with E-state index in [1.807, 2.05) is 0 Å². The minimum atomic E-state index is -5.12. The van der Waals surface area contributed by atoms with Crippen LogP contribution in [0, 0.1) is 0 Å². The molecule has 0 saturated carbocycles. The number of carbonyl (C=O) groups excluding carboxylic acids is 1. The van der Waals surface area contributed by atoms with E-state index in [4.69, 9.17) is 5.11 Å². The Kier molecular flexibility index (Phi) is 4.33. The molecule has 0 aliphatic rings. The van der Waals surface area contributed by atoms with Crippen molar-refractivity contribution in [1.29, 1.82) is 0 Å². The van der Waals surface area contributed by atoms with Gasteiger partial charge in [0.1, 0.15) is 0 Å². The molecule has 98 valence electrons. The van der Waals surface area contributed by atoms with Crippen molar-refractivity contribution in [3.8, 4) is 0 Å². The van der Waals surface area contributed by atoms with Gasteiger partial charge in [0, 0.05) is 4.47 Å². The van der Waals surface area contributed by atoms with E-state index in [1.54, 1.807) is 0 Å². The van der Waals surface area contributed by atoms with Crippen molar-refractivity contribution in [2.75, 3.05) is 0 Å². The first-order valence-electron chi connectivity index (χ1n) is 4.58. The number of hydrogen-bond donors (Lipinski definition) is 2. The van der Waals surface area contributed by atoms with E-state index in [0.717, 1.165) is 0 Å². The smallest absolute Gasteiger partial charge is 0.471 e. The summed E-state index contributed by atoms with van der Waals surface area (Å²) in [6, 6.07) is 3.79. The zero-order valence-electron chi connectivity index (χ0n) is 8.66. The molecule has 0 radical (unpaired) electrons. The van der Waals surface area contributed by atoms with Gasteiger partial charge in [-0.25, -0.2) is 4.79 Å². The topological polar surface area (TPSA) is 66.4 Å². The molecular weight excluding hydrogens is 319 g/mol. The molecule has 0 fully saturated rings. The Morgan fingerprint density at radius 1 is 1.22 bits per heavy atom. The first-order chi connectivity index (χ1) is 8.21. The second-order valence-corrected chi connectivity index (χ2v) is 4.21. The number of carboxylic acid groups (broad SMARTS) is 1. The third-order valence-corrected chi connectivity index (χ3v) is 2.51. The van der Waals surface area contributed by atoms with Gasteiger partial charge in [-0.3, -0.25) is 4.79 Å². The second-order valence-electron chi connectivity index (χ2n) is 3.29. The molecule has 0 bridgehead atoms. The van der Waals surface area contributed by atoms with Crippen LogP contribution in [-0.2, 0) is 9.59 Å². The standard InChI is InChI=1S/C10H7BrF3NO3/c11-6-3-1-5(2-4-6)7(8(16)17)15-9(18)10(12,13)14/h1-4,7H,(H,15,18)(H,16,17). The molecule has 18 heavy (non-hydrogen) atoms. The fourth-order valence-corrected chi connectivity index (χ4v) is 1.42. The Morgan fingerprint density at radius 3 is 2.11 bits per heavy atom. The zero-order valence-corrected chi connectivity index (χ0v) is 10.2. The van der Waals surface area contributed by atoms with Crippen LogP contribution in [0.15, 0.2) is 28.7 Å². The molecule has 8 heteroatoms. The summed E-state index contributed by atoms with van der Waals surface area (Å²) < 4.78 is 36.8. The van der Waals surface area contributed by atoms with Gasteiger partial charge in [-0.05, 0) is 17.7 Å². The average Bonchev–Trinajstić information content (AvgIpc) is 2.25. The predicted molar refractivity (Wildman–Crippen MR) is 58.7 cm³/mol.